The summed E-state index contributed by atoms with van der Waals surface area (Å²) in [6.07, 6.45) is 0.345. The van der Waals surface area contributed by atoms with Gasteiger partial charge >= 0.3 is 0 Å². The van der Waals surface area contributed by atoms with Crippen molar-refractivity contribution in [3.05, 3.63) is 108 Å². The van der Waals surface area contributed by atoms with Gasteiger partial charge in [-0.2, -0.15) is 0 Å². The summed E-state index contributed by atoms with van der Waals surface area (Å²) in [7, 11) is 0. The van der Waals surface area contributed by atoms with Crippen molar-refractivity contribution in [3.63, 3.8) is 0 Å². The summed E-state index contributed by atoms with van der Waals surface area (Å²) in [6.45, 7) is 2.52. The van der Waals surface area contributed by atoms with Gasteiger partial charge in [0, 0.05) is 6.54 Å². The summed E-state index contributed by atoms with van der Waals surface area (Å²) in [5, 5.41) is 13.9. The highest BCUT2D eigenvalue weighted by Crippen LogP contribution is 2.36. The fourth-order valence-corrected chi connectivity index (χ4v) is 3.29. The fourth-order valence-electron chi connectivity index (χ4n) is 3.29. The maximum absolute atomic E-state index is 10.2. The zero-order chi connectivity index (χ0) is 17.5. The lowest BCUT2D eigenvalue weighted by atomic mass is 9.77. The van der Waals surface area contributed by atoms with E-state index in [1.165, 1.54) is 0 Å². The largest absolute Gasteiger partial charge is 0.392 e. The van der Waals surface area contributed by atoms with Gasteiger partial charge in [-0.15, -0.1) is 0 Å². The number of rotatable bonds is 7. The van der Waals surface area contributed by atoms with Gasteiger partial charge in [0.2, 0.25) is 0 Å². The van der Waals surface area contributed by atoms with Crippen molar-refractivity contribution >= 4 is 0 Å². The summed E-state index contributed by atoms with van der Waals surface area (Å²) >= 11 is 0. The van der Waals surface area contributed by atoms with Crippen LogP contribution < -0.4 is 5.32 Å². The van der Waals surface area contributed by atoms with Crippen molar-refractivity contribution in [1.82, 2.24) is 5.32 Å². The van der Waals surface area contributed by atoms with Crippen LogP contribution in [0.25, 0.3) is 0 Å². The molecule has 2 N–H and O–H groups in total. The molecule has 0 aliphatic rings. The lowest BCUT2D eigenvalue weighted by Crippen LogP contribution is -2.47. The molecule has 3 aromatic rings. The van der Waals surface area contributed by atoms with E-state index in [4.69, 9.17) is 0 Å². The average molecular weight is 331 g/mol. The van der Waals surface area contributed by atoms with E-state index in [1.807, 2.05) is 25.1 Å². The Kier molecular flexibility index (Phi) is 5.64. The summed E-state index contributed by atoms with van der Waals surface area (Å²) in [4.78, 5) is 0. The van der Waals surface area contributed by atoms with Gasteiger partial charge < -0.3 is 5.11 Å². The van der Waals surface area contributed by atoms with E-state index in [1.54, 1.807) is 0 Å². The molecule has 1 atom stereocenters. The molecule has 0 aliphatic heterocycles. The van der Waals surface area contributed by atoms with E-state index in [0.29, 0.717) is 6.54 Å². The van der Waals surface area contributed by atoms with Crippen molar-refractivity contribution in [2.45, 2.75) is 25.0 Å². The van der Waals surface area contributed by atoms with E-state index in [2.05, 4.69) is 78.1 Å². The van der Waals surface area contributed by atoms with Gasteiger partial charge in [-0.05, 0) is 23.1 Å². The van der Waals surface area contributed by atoms with Gasteiger partial charge in [0.15, 0.2) is 0 Å². The summed E-state index contributed by atoms with van der Waals surface area (Å²) in [6, 6.07) is 31.3. The molecule has 3 aromatic carbocycles. The van der Waals surface area contributed by atoms with E-state index in [-0.39, 0.29) is 6.10 Å². The Balaban J connectivity index is 2.20. The Labute approximate surface area is 150 Å². The minimum atomic E-state index is -0.500. The van der Waals surface area contributed by atoms with Gasteiger partial charge in [0.25, 0.3) is 0 Å². The highest BCUT2D eigenvalue weighted by Gasteiger charge is 2.35. The first kappa shape index (κ1) is 17.4. The number of hydrogen-bond acceptors (Lipinski definition) is 2. The normalized spacial score (nSPS) is 12.7. The van der Waals surface area contributed by atoms with Gasteiger partial charge in [-0.3, -0.25) is 5.32 Å². The monoisotopic (exact) mass is 331 g/mol. The van der Waals surface area contributed by atoms with Crippen LogP contribution in [0.1, 0.15) is 30.0 Å². The predicted molar refractivity (Wildman–Crippen MR) is 104 cm³/mol. The van der Waals surface area contributed by atoms with Crippen LogP contribution in [-0.2, 0) is 5.54 Å². The molecule has 128 valence electrons. The molecule has 3 rings (SSSR count). The van der Waals surface area contributed by atoms with Gasteiger partial charge in [0.05, 0.1) is 11.6 Å². The second-order valence-electron chi connectivity index (χ2n) is 6.29. The molecule has 0 heterocycles. The first-order valence-electron chi connectivity index (χ1n) is 8.87. The third-order valence-corrected chi connectivity index (χ3v) is 4.69. The van der Waals surface area contributed by atoms with Crippen molar-refractivity contribution in [1.29, 1.82) is 0 Å². The van der Waals surface area contributed by atoms with Gasteiger partial charge in [-0.1, -0.05) is 97.9 Å². The number of hydrogen-bond donors (Lipinski definition) is 2. The standard InChI is InChI=1S/C23H25NO/c1-2-22(25)18-24-23(19-12-6-3-7-13-19,20-14-8-4-9-15-20)21-16-10-5-11-17-21/h3-17,22,24-25H,2,18H2,1H3. The Hall–Kier alpha value is -2.42. The Bertz CT molecular complexity index is 659. The fraction of sp³-hybridized carbons (Fsp3) is 0.217. The average Bonchev–Trinajstić information content (AvgIpc) is 2.71. The SMILES string of the molecule is CCC(O)CNC(c1ccccc1)(c1ccccc1)c1ccccc1. The maximum Gasteiger partial charge on any atom is 0.0948 e. The van der Waals surface area contributed by atoms with Crippen LogP contribution in [0.2, 0.25) is 0 Å². The second-order valence-corrected chi connectivity index (χ2v) is 6.29. The Morgan fingerprint density at radius 2 is 1.08 bits per heavy atom. The first-order chi connectivity index (χ1) is 12.3. The van der Waals surface area contributed by atoms with Crippen LogP contribution in [0.3, 0.4) is 0 Å². The molecule has 0 bridgehead atoms. The topological polar surface area (TPSA) is 32.3 Å². The van der Waals surface area contributed by atoms with Crippen molar-refractivity contribution < 1.29 is 5.11 Å². The minimum Gasteiger partial charge on any atom is -0.392 e. The second kappa shape index (κ2) is 8.11. The van der Waals surface area contributed by atoms with Crippen LogP contribution in [0, 0.1) is 0 Å². The third kappa shape index (κ3) is 3.65. The maximum atomic E-state index is 10.2. The van der Waals surface area contributed by atoms with Crippen molar-refractivity contribution in [3.8, 4) is 0 Å². The molecule has 2 heteroatoms. The van der Waals surface area contributed by atoms with Crippen LogP contribution in [-0.4, -0.2) is 17.8 Å². The molecule has 0 radical (unpaired) electrons. The summed E-state index contributed by atoms with van der Waals surface area (Å²) < 4.78 is 0. The zero-order valence-electron chi connectivity index (χ0n) is 14.6. The quantitative estimate of drug-likeness (QED) is 0.631. The first-order valence-corrected chi connectivity index (χ1v) is 8.87. The molecule has 25 heavy (non-hydrogen) atoms. The Morgan fingerprint density at radius 1 is 0.720 bits per heavy atom. The van der Waals surface area contributed by atoms with E-state index in [9.17, 15) is 5.11 Å². The summed E-state index contributed by atoms with van der Waals surface area (Å²) in [5.41, 5.74) is 2.99. The molecular formula is C23H25NO. The van der Waals surface area contributed by atoms with E-state index in [0.717, 1.165) is 23.1 Å². The smallest absolute Gasteiger partial charge is 0.0948 e. The van der Waals surface area contributed by atoms with Gasteiger partial charge in [-0.25, -0.2) is 0 Å². The van der Waals surface area contributed by atoms with Crippen LogP contribution in [0.5, 0.6) is 0 Å². The molecule has 0 saturated heterocycles. The highest BCUT2D eigenvalue weighted by atomic mass is 16.3. The molecular weight excluding hydrogens is 306 g/mol. The third-order valence-electron chi connectivity index (χ3n) is 4.69. The number of nitrogens with one attached hydrogen (secondary N) is 1. The number of benzene rings is 3. The molecule has 0 amide bonds. The highest BCUT2D eigenvalue weighted by molar-refractivity contribution is 5.49. The van der Waals surface area contributed by atoms with Gasteiger partial charge in [0.1, 0.15) is 0 Å². The molecule has 1 unspecified atom stereocenters. The molecule has 2 nitrogen and oxygen atoms in total. The number of aliphatic hydroxyl groups excluding tert-OH is 1. The Morgan fingerprint density at radius 3 is 1.40 bits per heavy atom. The van der Waals surface area contributed by atoms with E-state index >= 15 is 0 Å². The summed E-state index contributed by atoms with van der Waals surface area (Å²) in [5.74, 6) is 0. The predicted octanol–water partition coefficient (Wildman–Crippen LogP) is 4.34. The molecule has 0 aromatic heterocycles. The van der Waals surface area contributed by atoms with Crippen molar-refractivity contribution in [2.24, 2.45) is 0 Å². The van der Waals surface area contributed by atoms with E-state index < -0.39 is 5.54 Å². The molecule has 0 spiro atoms. The number of aliphatic hydroxyl groups is 1. The lowest BCUT2D eigenvalue weighted by Gasteiger charge is -2.37. The van der Waals surface area contributed by atoms with Crippen LogP contribution in [0.15, 0.2) is 91.0 Å². The van der Waals surface area contributed by atoms with Crippen LogP contribution in [0.4, 0.5) is 0 Å². The molecule has 0 saturated carbocycles. The zero-order valence-corrected chi connectivity index (χ0v) is 14.6. The minimum absolute atomic E-state index is 0.379. The van der Waals surface area contributed by atoms with Crippen molar-refractivity contribution in [2.75, 3.05) is 6.54 Å². The molecule has 0 aliphatic carbocycles. The van der Waals surface area contributed by atoms with Crippen LogP contribution >= 0.6 is 0 Å². The molecule has 0 fully saturated rings. The lowest BCUT2D eigenvalue weighted by molar-refractivity contribution is 0.159.